The van der Waals surface area contributed by atoms with Gasteiger partial charge in [0.25, 0.3) is 5.91 Å². The molecule has 0 bridgehead atoms. The Kier molecular flexibility index (Phi) is 6.14. The third-order valence-corrected chi connectivity index (χ3v) is 5.55. The van der Waals surface area contributed by atoms with E-state index in [1.165, 1.54) is 0 Å². The summed E-state index contributed by atoms with van der Waals surface area (Å²) in [6.45, 7) is 3.48. The van der Waals surface area contributed by atoms with Crippen LogP contribution in [0.2, 0.25) is 0 Å². The molecule has 1 amide bonds. The van der Waals surface area contributed by atoms with Gasteiger partial charge in [0.1, 0.15) is 12.4 Å². The number of benzene rings is 2. The Balaban J connectivity index is 1.86. The first kappa shape index (κ1) is 20.2. The predicted molar refractivity (Wildman–Crippen MR) is 116 cm³/mol. The van der Waals surface area contributed by atoms with E-state index >= 15 is 0 Å². The minimum atomic E-state index is -0.201. The summed E-state index contributed by atoms with van der Waals surface area (Å²) >= 11 is 0. The van der Waals surface area contributed by atoms with Gasteiger partial charge < -0.3 is 14.7 Å². The molecule has 2 heterocycles. The van der Waals surface area contributed by atoms with Gasteiger partial charge in [-0.3, -0.25) is 9.80 Å². The average molecular weight is 405 g/mol. The first-order valence-corrected chi connectivity index (χ1v) is 10.4. The van der Waals surface area contributed by atoms with Crippen LogP contribution in [0, 0.1) is 0 Å². The van der Waals surface area contributed by atoms with Crippen LogP contribution < -0.4 is 0 Å². The smallest absolute Gasteiger partial charge is 0.275 e. The molecule has 6 nitrogen and oxygen atoms in total. The number of rotatable bonds is 5. The van der Waals surface area contributed by atoms with Crippen molar-refractivity contribution in [3.8, 4) is 0 Å². The van der Waals surface area contributed by atoms with Crippen LogP contribution >= 0.6 is 0 Å². The van der Waals surface area contributed by atoms with E-state index in [-0.39, 0.29) is 42.5 Å². The van der Waals surface area contributed by atoms with E-state index in [2.05, 4.69) is 29.4 Å². The van der Waals surface area contributed by atoms with Gasteiger partial charge in [-0.2, -0.15) is 5.10 Å². The molecular weight excluding hydrogens is 378 g/mol. The van der Waals surface area contributed by atoms with Crippen molar-refractivity contribution >= 4 is 12.1 Å². The van der Waals surface area contributed by atoms with Crippen LogP contribution in [0.5, 0.6) is 0 Å². The maximum Gasteiger partial charge on any atom is 0.275 e. The van der Waals surface area contributed by atoms with Crippen molar-refractivity contribution in [2.24, 2.45) is 5.10 Å². The minimum Gasteiger partial charge on any atom is -0.507 e. The first-order chi connectivity index (χ1) is 14.7. The molecule has 2 aliphatic rings. The third kappa shape index (κ3) is 3.96. The lowest BCUT2D eigenvalue weighted by atomic mass is 9.83. The molecule has 6 heteroatoms. The fourth-order valence-electron chi connectivity index (χ4n) is 4.26. The first-order valence-electron chi connectivity index (χ1n) is 10.4. The van der Waals surface area contributed by atoms with E-state index in [1.807, 2.05) is 48.2 Å². The second-order valence-corrected chi connectivity index (χ2v) is 7.57. The lowest BCUT2D eigenvalue weighted by Crippen LogP contribution is -2.56. The Hall–Kier alpha value is -3.12. The Bertz CT molecular complexity index is 888. The molecule has 0 unspecified atom stereocenters. The van der Waals surface area contributed by atoms with Crippen molar-refractivity contribution in [3.05, 3.63) is 83.2 Å². The maximum atomic E-state index is 13.2. The molecule has 0 aliphatic carbocycles. The quantitative estimate of drug-likeness (QED) is 0.827. The molecular formula is C24H27N3O3. The number of amides is 1. The number of ether oxygens (including phenoxy) is 1. The number of piperazine rings is 1. The molecule has 2 aliphatic heterocycles. The molecule has 2 aromatic carbocycles. The van der Waals surface area contributed by atoms with Gasteiger partial charge >= 0.3 is 0 Å². The van der Waals surface area contributed by atoms with E-state index in [0.717, 1.165) is 17.5 Å². The van der Waals surface area contributed by atoms with Crippen molar-refractivity contribution in [3.63, 3.8) is 0 Å². The third-order valence-electron chi connectivity index (χ3n) is 5.55. The van der Waals surface area contributed by atoms with E-state index < -0.39 is 0 Å². The highest BCUT2D eigenvalue weighted by atomic mass is 16.5. The fourth-order valence-corrected chi connectivity index (χ4v) is 4.26. The molecule has 2 aromatic rings. The normalized spacial score (nSPS) is 23.1. The molecule has 1 fully saturated rings. The van der Waals surface area contributed by atoms with Gasteiger partial charge in [-0.25, -0.2) is 0 Å². The standard InChI is InChI=1S/C24H27N3O3/c1-2-14-26-16-20(27-23(24(26)29)21(28)17-30-15-13-25-27)22(18-9-5-3-6-10-18)19-11-7-4-8-12-19/h3-13,20,22,28H,2,14-17H2,1H3/b23-21+,25-13-/t20-/m1/s1. The summed E-state index contributed by atoms with van der Waals surface area (Å²) in [7, 11) is 0. The van der Waals surface area contributed by atoms with Crippen molar-refractivity contribution in [1.82, 2.24) is 9.91 Å². The molecule has 30 heavy (non-hydrogen) atoms. The van der Waals surface area contributed by atoms with Crippen LogP contribution in [0.1, 0.15) is 30.4 Å². The minimum absolute atomic E-state index is 0.00236. The van der Waals surface area contributed by atoms with Crippen LogP contribution in [0.3, 0.4) is 0 Å². The summed E-state index contributed by atoms with van der Waals surface area (Å²) in [6.07, 6.45) is 2.50. The number of hydrogen-bond donors (Lipinski definition) is 1. The highest BCUT2D eigenvalue weighted by molar-refractivity contribution is 5.94. The highest BCUT2D eigenvalue weighted by Crippen LogP contribution is 2.37. The highest BCUT2D eigenvalue weighted by Gasteiger charge is 2.43. The number of aliphatic hydroxyl groups excluding tert-OH is 1. The van der Waals surface area contributed by atoms with Gasteiger partial charge in [0.05, 0.1) is 18.9 Å². The second kappa shape index (κ2) is 9.13. The zero-order chi connectivity index (χ0) is 20.9. The topological polar surface area (TPSA) is 65.4 Å². The number of fused-ring (bicyclic) bond motifs is 1. The number of nitrogens with zero attached hydrogens (tertiary/aromatic N) is 3. The maximum absolute atomic E-state index is 13.2. The van der Waals surface area contributed by atoms with E-state index in [9.17, 15) is 9.90 Å². The van der Waals surface area contributed by atoms with Gasteiger partial charge in [0.15, 0.2) is 5.70 Å². The summed E-state index contributed by atoms with van der Waals surface area (Å²) in [5.41, 5.74) is 2.51. The molecule has 1 saturated heterocycles. The summed E-state index contributed by atoms with van der Waals surface area (Å²) in [6, 6.07) is 20.4. The molecule has 1 N–H and O–H groups in total. The summed E-state index contributed by atoms with van der Waals surface area (Å²) < 4.78 is 5.39. The number of carbonyl (C=O) groups excluding carboxylic acids is 1. The molecule has 0 spiro atoms. The SMILES string of the molecule is CCCN1C[C@H](C(c2ccccc2)c2ccccc2)N2/N=C\COC/C(O)=C\2C1=O. The molecule has 1 atom stereocenters. The summed E-state index contributed by atoms with van der Waals surface area (Å²) in [4.78, 5) is 15.0. The Labute approximate surface area is 177 Å². The van der Waals surface area contributed by atoms with E-state index in [4.69, 9.17) is 4.74 Å². The van der Waals surface area contributed by atoms with Crippen molar-refractivity contribution in [2.75, 3.05) is 26.3 Å². The van der Waals surface area contributed by atoms with Gasteiger partial charge in [-0.1, -0.05) is 67.6 Å². The van der Waals surface area contributed by atoms with E-state index in [0.29, 0.717) is 13.1 Å². The van der Waals surface area contributed by atoms with E-state index in [1.54, 1.807) is 11.2 Å². The Morgan fingerprint density at radius 2 is 1.73 bits per heavy atom. The monoisotopic (exact) mass is 405 g/mol. The number of hydrogen-bond acceptors (Lipinski definition) is 5. The van der Waals surface area contributed by atoms with Gasteiger partial charge in [0, 0.05) is 19.0 Å². The summed E-state index contributed by atoms with van der Waals surface area (Å²) in [5, 5.41) is 17.0. The average Bonchev–Trinajstić information content (AvgIpc) is 2.76. The number of aliphatic hydroxyl groups is 1. The molecule has 0 aromatic heterocycles. The van der Waals surface area contributed by atoms with Gasteiger partial charge in [-0.15, -0.1) is 0 Å². The number of carbonyl (C=O) groups is 1. The van der Waals surface area contributed by atoms with Crippen molar-refractivity contribution in [1.29, 1.82) is 0 Å². The summed E-state index contributed by atoms with van der Waals surface area (Å²) in [5.74, 6) is -0.296. The van der Waals surface area contributed by atoms with Crippen LogP contribution in [0.15, 0.2) is 77.2 Å². The van der Waals surface area contributed by atoms with Crippen LogP contribution in [0.25, 0.3) is 0 Å². The van der Waals surface area contributed by atoms with Crippen LogP contribution in [0.4, 0.5) is 0 Å². The lowest BCUT2D eigenvalue weighted by molar-refractivity contribution is -0.134. The van der Waals surface area contributed by atoms with Crippen LogP contribution in [-0.4, -0.2) is 59.5 Å². The van der Waals surface area contributed by atoms with Crippen molar-refractivity contribution in [2.45, 2.75) is 25.3 Å². The van der Waals surface area contributed by atoms with Crippen LogP contribution in [-0.2, 0) is 9.53 Å². The largest absolute Gasteiger partial charge is 0.507 e. The second-order valence-electron chi connectivity index (χ2n) is 7.57. The fraction of sp³-hybridized carbons (Fsp3) is 0.333. The van der Waals surface area contributed by atoms with Gasteiger partial charge in [-0.05, 0) is 17.5 Å². The molecule has 0 saturated carbocycles. The molecule has 4 rings (SSSR count). The zero-order valence-electron chi connectivity index (χ0n) is 17.1. The zero-order valence-corrected chi connectivity index (χ0v) is 17.1. The van der Waals surface area contributed by atoms with Crippen molar-refractivity contribution < 1.29 is 14.6 Å². The molecule has 156 valence electrons. The number of hydrazone groups is 1. The lowest BCUT2D eigenvalue weighted by Gasteiger charge is -2.44. The Morgan fingerprint density at radius 1 is 1.10 bits per heavy atom. The Morgan fingerprint density at radius 3 is 2.33 bits per heavy atom. The predicted octanol–water partition coefficient (Wildman–Crippen LogP) is 3.53. The van der Waals surface area contributed by atoms with Gasteiger partial charge in [0.2, 0.25) is 0 Å². The molecule has 0 radical (unpaired) electrons.